The lowest BCUT2D eigenvalue weighted by atomic mass is 9.84. The summed E-state index contributed by atoms with van der Waals surface area (Å²) in [6, 6.07) is 2.29. The van der Waals surface area contributed by atoms with Gasteiger partial charge >= 0.3 is 0 Å². The molecule has 5 nitrogen and oxygen atoms in total. The summed E-state index contributed by atoms with van der Waals surface area (Å²) in [4.78, 5) is 11.2. The van der Waals surface area contributed by atoms with Gasteiger partial charge in [0.25, 0.3) is 0 Å². The minimum absolute atomic E-state index is 0.490. The van der Waals surface area contributed by atoms with E-state index in [1.54, 1.807) is 12.3 Å². The lowest BCUT2D eigenvalue weighted by Crippen LogP contribution is -2.53. The average Bonchev–Trinajstić information content (AvgIpc) is 2.41. The number of nitrogens with zero attached hydrogens (tertiary/aromatic N) is 3. The Morgan fingerprint density at radius 1 is 1.44 bits per heavy atom. The SMILES string of the molecule is CCOc1ccnc(NC2CN3CCC2CC3)n1. The van der Waals surface area contributed by atoms with Crippen LogP contribution in [0.4, 0.5) is 5.95 Å². The van der Waals surface area contributed by atoms with Gasteiger partial charge in [0.05, 0.1) is 6.61 Å². The third-order valence-electron chi connectivity index (χ3n) is 3.89. The van der Waals surface area contributed by atoms with Crippen LogP contribution >= 0.6 is 0 Å². The van der Waals surface area contributed by atoms with Gasteiger partial charge in [0.2, 0.25) is 11.8 Å². The number of hydrogen-bond donors (Lipinski definition) is 1. The Balaban J connectivity index is 1.67. The predicted octanol–water partition coefficient (Wildman–Crippen LogP) is 1.38. The molecule has 4 rings (SSSR count). The lowest BCUT2D eigenvalue weighted by molar-refractivity contribution is 0.0972. The summed E-state index contributed by atoms with van der Waals surface area (Å²) >= 11 is 0. The molecule has 0 radical (unpaired) electrons. The fourth-order valence-corrected chi connectivity index (χ4v) is 2.93. The first-order valence-corrected chi connectivity index (χ1v) is 6.80. The van der Waals surface area contributed by atoms with E-state index in [0.717, 1.165) is 12.5 Å². The molecule has 1 aromatic heterocycles. The average molecular weight is 248 g/mol. The number of rotatable bonds is 4. The monoisotopic (exact) mass is 248 g/mol. The largest absolute Gasteiger partial charge is 0.478 e. The van der Waals surface area contributed by atoms with Crippen molar-refractivity contribution in [2.45, 2.75) is 25.8 Å². The number of hydrogen-bond acceptors (Lipinski definition) is 5. The summed E-state index contributed by atoms with van der Waals surface area (Å²) in [5, 5.41) is 3.47. The zero-order chi connectivity index (χ0) is 12.4. The normalized spacial score (nSPS) is 30.2. The van der Waals surface area contributed by atoms with Crippen molar-refractivity contribution in [1.29, 1.82) is 0 Å². The molecule has 4 heterocycles. The van der Waals surface area contributed by atoms with Gasteiger partial charge in [-0.25, -0.2) is 4.98 Å². The Morgan fingerprint density at radius 2 is 2.28 bits per heavy atom. The van der Waals surface area contributed by atoms with E-state index in [4.69, 9.17) is 4.74 Å². The molecule has 0 spiro atoms. The van der Waals surface area contributed by atoms with Crippen LogP contribution in [-0.2, 0) is 0 Å². The summed E-state index contributed by atoms with van der Waals surface area (Å²) in [6.45, 7) is 6.22. The maximum atomic E-state index is 5.40. The zero-order valence-electron chi connectivity index (χ0n) is 10.8. The number of aromatic nitrogens is 2. The van der Waals surface area contributed by atoms with Crippen molar-refractivity contribution in [3.8, 4) is 5.88 Å². The first-order valence-electron chi connectivity index (χ1n) is 6.80. The fourth-order valence-electron chi connectivity index (χ4n) is 2.93. The highest BCUT2D eigenvalue weighted by atomic mass is 16.5. The summed E-state index contributed by atoms with van der Waals surface area (Å²) in [6.07, 6.45) is 4.34. The second kappa shape index (κ2) is 5.10. The third kappa shape index (κ3) is 2.41. The van der Waals surface area contributed by atoms with Crippen LogP contribution in [-0.4, -0.2) is 47.2 Å². The maximum Gasteiger partial charge on any atom is 0.226 e. The quantitative estimate of drug-likeness (QED) is 0.872. The Kier molecular flexibility index (Phi) is 3.32. The molecule has 5 heteroatoms. The van der Waals surface area contributed by atoms with Gasteiger partial charge in [0, 0.05) is 24.8 Å². The standard InChI is InChI=1S/C13H20N4O/c1-2-18-12-3-6-14-13(16-12)15-11-9-17-7-4-10(11)5-8-17/h3,6,10-11H,2,4-5,7-9H2,1H3,(H,14,15,16). The van der Waals surface area contributed by atoms with Crippen LogP contribution in [0, 0.1) is 5.92 Å². The highest BCUT2D eigenvalue weighted by Gasteiger charge is 2.34. The van der Waals surface area contributed by atoms with Gasteiger partial charge in [-0.2, -0.15) is 4.98 Å². The minimum Gasteiger partial charge on any atom is -0.478 e. The molecule has 1 atom stereocenters. The van der Waals surface area contributed by atoms with Gasteiger partial charge in [0.1, 0.15) is 0 Å². The molecule has 3 aliphatic rings. The van der Waals surface area contributed by atoms with Crippen molar-refractivity contribution in [1.82, 2.24) is 14.9 Å². The molecule has 3 aliphatic heterocycles. The van der Waals surface area contributed by atoms with Crippen LogP contribution in [0.2, 0.25) is 0 Å². The van der Waals surface area contributed by atoms with E-state index in [-0.39, 0.29) is 0 Å². The van der Waals surface area contributed by atoms with Crippen LogP contribution in [0.5, 0.6) is 5.88 Å². The summed E-state index contributed by atoms with van der Waals surface area (Å²) in [7, 11) is 0. The van der Waals surface area contributed by atoms with E-state index in [9.17, 15) is 0 Å². The second-order valence-corrected chi connectivity index (χ2v) is 5.04. The van der Waals surface area contributed by atoms with Crippen LogP contribution in [0.3, 0.4) is 0 Å². The number of anilines is 1. The summed E-state index contributed by atoms with van der Waals surface area (Å²) in [5.41, 5.74) is 0. The van der Waals surface area contributed by atoms with E-state index >= 15 is 0 Å². The second-order valence-electron chi connectivity index (χ2n) is 5.04. The Morgan fingerprint density at radius 3 is 2.94 bits per heavy atom. The van der Waals surface area contributed by atoms with Gasteiger partial charge in [-0.3, -0.25) is 0 Å². The molecule has 1 N–H and O–H groups in total. The van der Waals surface area contributed by atoms with E-state index in [1.165, 1.54) is 25.9 Å². The van der Waals surface area contributed by atoms with Crippen molar-refractivity contribution in [3.05, 3.63) is 12.3 Å². The summed E-state index contributed by atoms with van der Waals surface area (Å²) < 4.78 is 5.40. The highest BCUT2D eigenvalue weighted by molar-refractivity contribution is 5.30. The maximum absolute atomic E-state index is 5.40. The molecular weight excluding hydrogens is 228 g/mol. The first-order chi connectivity index (χ1) is 8.85. The van der Waals surface area contributed by atoms with Gasteiger partial charge in [-0.1, -0.05) is 0 Å². The molecule has 0 aliphatic carbocycles. The molecule has 98 valence electrons. The smallest absolute Gasteiger partial charge is 0.226 e. The van der Waals surface area contributed by atoms with Crippen LogP contribution in [0.1, 0.15) is 19.8 Å². The number of nitrogens with one attached hydrogen (secondary N) is 1. The molecular formula is C13H20N4O. The zero-order valence-corrected chi connectivity index (χ0v) is 10.8. The molecule has 3 saturated heterocycles. The highest BCUT2D eigenvalue weighted by Crippen LogP contribution is 2.29. The Hall–Kier alpha value is -1.36. The minimum atomic E-state index is 0.490. The van der Waals surface area contributed by atoms with Crippen LogP contribution in [0.15, 0.2) is 12.3 Å². The molecule has 0 amide bonds. The summed E-state index contributed by atoms with van der Waals surface area (Å²) in [5.74, 6) is 2.12. The van der Waals surface area contributed by atoms with Crippen LogP contribution < -0.4 is 10.1 Å². The van der Waals surface area contributed by atoms with E-state index in [1.807, 2.05) is 6.92 Å². The molecule has 0 saturated carbocycles. The Bertz CT molecular complexity index is 404. The van der Waals surface area contributed by atoms with Gasteiger partial charge in [-0.05, 0) is 38.8 Å². The molecule has 0 aromatic carbocycles. The predicted molar refractivity (Wildman–Crippen MR) is 69.8 cm³/mol. The molecule has 3 fully saturated rings. The third-order valence-corrected chi connectivity index (χ3v) is 3.89. The van der Waals surface area contributed by atoms with Crippen molar-refractivity contribution in [2.24, 2.45) is 5.92 Å². The van der Waals surface area contributed by atoms with E-state index in [0.29, 0.717) is 24.5 Å². The number of ether oxygens (including phenoxy) is 1. The van der Waals surface area contributed by atoms with Crippen molar-refractivity contribution in [3.63, 3.8) is 0 Å². The van der Waals surface area contributed by atoms with Gasteiger partial charge in [-0.15, -0.1) is 0 Å². The first kappa shape index (κ1) is 11.7. The van der Waals surface area contributed by atoms with Gasteiger partial charge < -0.3 is 15.0 Å². The molecule has 2 bridgehead atoms. The lowest BCUT2D eigenvalue weighted by Gasteiger charge is -2.44. The number of piperidine rings is 3. The van der Waals surface area contributed by atoms with Crippen LogP contribution in [0.25, 0.3) is 0 Å². The Labute approximate surface area is 108 Å². The van der Waals surface area contributed by atoms with Gasteiger partial charge in [0.15, 0.2) is 0 Å². The van der Waals surface area contributed by atoms with Crippen molar-refractivity contribution < 1.29 is 4.74 Å². The molecule has 1 unspecified atom stereocenters. The van der Waals surface area contributed by atoms with E-state index in [2.05, 4.69) is 20.2 Å². The molecule has 1 aromatic rings. The molecule has 18 heavy (non-hydrogen) atoms. The fraction of sp³-hybridized carbons (Fsp3) is 0.692. The van der Waals surface area contributed by atoms with Crippen molar-refractivity contribution >= 4 is 5.95 Å². The van der Waals surface area contributed by atoms with E-state index < -0.39 is 0 Å². The topological polar surface area (TPSA) is 50.3 Å². The van der Waals surface area contributed by atoms with Crippen molar-refractivity contribution in [2.75, 3.05) is 31.6 Å². The number of fused-ring (bicyclic) bond motifs is 3.